The molecule has 114 valence electrons. The normalized spacial score (nSPS) is 15.3. The minimum atomic E-state index is 0.0346. The number of rotatable bonds is 4. The first-order valence-corrected chi connectivity index (χ1v) is 7.51. The Labute approximate surface area is 129 Å². The van der Waals surface area contributed by atoms with Crippen LogP contribution in [0.2, 0.25) is 0 Å². The molecule has 0 saturated carbocycles. The van der Waals surface area contributed by atoms with Gasteiger partial charge in [0.25, 0.3) is 0 Å². The Morgan fingerprint density at radius 1 is 1.18 bits per heavy atom. The lowest BCUT2D eigenvalue weighted by molar-refractivity contribution is -0.120. The summed E-state index contributed by atoms with van der Waals surface area (Å²) in [7, 11) is 0. The fourth-order valence-corrected chi connectivity index (χ4v) is 2.50. The van der Waals surface area contributed by atoms with E-state index in [1.54, 1.807) is 18.5 Å². The fraction of sp³-hybridized carbons (Fsp3) is 0.294. The van der Waals surface area contributed by atoms with E-state index in [1.807, 2.05) is 30.3 Å². The molecular formula is C17H19N3O2. The first-order chi connectivity index (χ1) is 10.8. The highest BCUT2D eigenvalue weighted by molar-refractivity contribution is 5.93. The quantitative estimate of drug-likeness (QED) is 0.911. The van der Waals surface area contributed by atoms with Crippen LogP contribution in [0.5, 0.6) is 11.5 Å². The predicted octanol–water partition coefficient (Wildman–Crippen LogP) is 2.81. The number of hydrogen-bond donors (Lipinski definition) is 2. The van der Waals surface area contributed by atoms with Gasteiger partial charge in [-0.15, -0.1) is 0 Å². The van der Waals surface area contributed by atoms with Gasteiger partial charge >= 0.3 is 0 Å². The maximum absolute atomic E-state index is 12.3. The molecule has 2 aromatic rings. The number of hydrogen-bond acceptors (Lipinski definition) is 4. The van der Waals surface area contributed by atoms with Crippen LogP contribution in [-0.4, -0.2) is 24.0 Å². The third-order valence-corrected chi connectivity index (χ3v) is 3.72. The van der Waals surface area contributed by atoms with E-state index in [0.717, 1.165) is 31.7 Å². The molecule has 0 bridgehead atoms. The molecule has 5 heteroatoms. The van der Waals surface area contributed by atoms with Crippen molar-refractivity contribution in [3.05, 3.63) is 48.8 Å². The maximum Gasteiger partial charge on any atom is 0.227 e. The molecule has 1 aromatic heterocycles. The van der Waals surface area contributed by atoms with Crippen molar-refractivity contribution in [2.24, 2.45) is 5.92 Å². The third kappa shape index (κ3) is 3.62. The second-order valence-electron chi connectivity index (χ2n) is 5.30. The van der Waals surface area contributed by atoms with Crippen LogP contribution in [0.4, 0.5) is 5.69 Å². The van der Waals surface area contributed by atoms with Crippen LogP contribution in [0.1, 0.15) is 12.8 Å². The Hall–Kier alpha value is -2.40. The summed E-state index contributed by atoms with van der Waals surface area (Å²) in [5.41, 5.74) is 0.606. The van der Waals surface area contributed by atoms with E-state index in [2.05, 4.69) is 15.6 Å². The van der Waals surface area contributed by atoms with E-state index >= 15 is 0 Å². The first kappa shape index (κ1) is 14.5. The Bertz CT molecular complexity index is 625. The predicted molar refractivity (Wildman–Crippen MR) is 85.0 cm³/mol. The smallest absolute Gasteiger partial charge is 0.227 e. The second kappa shape index (κ2) is 7.04. The molecule has 3 rings (SSSR count). The van der Waals surface area contributed by atoms with Gasteiger partial charge in [-0.2, -0.15) is 0 Å². The van der Waals surface area contributed by atoms with Gasteiger partial charge in [0.1, 0.15) is 11.4 Å². The van der Waals surface area contributed by atoms with Crippen LogP contribution in [0.15, 0.2) is 48.8 Å². The highest BCUT2D eigenvalue weighted by Crippen LogP contribution is 2.29. The molecule has 0 aliphatic carbocycles. The van der Waals surface area contributed by atoms with Crippen molar-refractivity contribution >= 4 is 11.6 Å². The number of ether oxygens (including phenoxy) is 1. The van der Waals surface area contributed by atoms with E-state index in [-0.39, 0.29) is 11.8 Å². The Morgan fingerprint density at radius 3 is 2.73 bits per heavy atom. The van der Waals surface area contributed by atoms with Crippen molar-refractivity contribution in [3.8, 4) is 11.5 Å². The lowest BCUT2D eigenvalue weighted by atomic mass is 9.97. The van der Waals surface area contributed by atoms with Crippen LogP contribution in [0.3, 0.4) is 0 Å². The molecule has 1 fully saturated rings. The second-order valence-corrected chi connectivity index (χ2v) is 5.30. The summed E-state index contributed by atoms with van der Waals surface area (Å²) in [6.45, 7) is 1.77. The highest BCUT2D eigenvalue weighted by Gasteiger charge is 2.21. The van der Waals surface area contributed by atoms with Gasteiger partial charge in [0.2, 0.25) is 5.91 Å². The number of carbonyl (C=O) groups is 1. The van der Waals surface area contributed by atoms with Crippen molar-refractivity contribution in [2.45, 2.75) is 12.8 Å². The van der Waals surface area contributed by atoms with Crippen LogP contribution in [0.25, 0.3) is 0 Å². The van der Waals surface area contributed by atoms with Gasteiger partial charge in [-0.25, -0.2) is 0 Å². The zero-order valence-electron chi connectivity index (χ0n) is 12.3. The third-order valence-electron chi connectivity index (χ3n) is 3.72. The molecule has 1 saturated heterocycles. The number of piperidine rings is 1. The number of benzene rings is 1. The minimum Gasteiger partial charge on any atom is -0.455 e. The van der Waals surface area contributed by atoms with Crippen LogP contribution in [-0.2, 0) is 4.79 Å². The molecule has 1 amide bonds. The first-order valence-electron chi connectivity index (χ1n) is 7.51. The molecule has 0 spiro atoms. The maximum atomic E-state index is 12.3. The van der Waals surface area contributed by atoms with Crippen molar-refractivity contribution in [3.63, 3.8) is 0 Å². The summed E-state index contributed by atoms with van der Waals surface area (Å²) >= 11 is 0. The number of nitrogens with one attached hydrogen (secondary N) is 2. The standard InChI is InChI=1S/C17H19N3O2/c21-17(13-6-9-18-10-7-13)20-15-12-19-11-8-16(15)22-14-4-2-1-3-5-14/h1-5,8,11-13,18H,6-7,9-10H2,(H,20,21). The van der Waals surface area contributed by atoms with Gasteiger partial charge in [-0.05, 0) is 38.1 Å². The molecular weight excluding hydrogens is 278 g/mol. The Kier molecular flexibility index (Phi) is 4.65. The van der Waals surface area contributed by atoms with Gasteiger partial charge in [-0.1, -0.05) is 18.2 Å². The molecule has 0 radical (unpaired) electrons. The zero-order chi connectivity index (χ0) is 15.2. The fourth-order valence-electron chi connectivity index (χ4n) is 2.50. The number of amides is 1. The summed E-state index contributed by atoms with van der Waals surface area (Å²) in [5.74, 6) is 1.41. The molecule has 0 atom stereocenters. The van der Waals surface area contributed by atoms with Crippen LogP contribution in [0, 0.1) is 5.92 Å². The summed E-state index contributed by atoms with van der Waals surface area (Å²) in [4.78, 5) is 16.4. The van der Waals surface area contributed by atoms with Gasteiger partial charge in [0.15, 0.2) is 5.75 Å². The zero-order valence-corrected chi connectivity index (χ0v) is 12.3. The van der Waals surface area contributed by atoms with E-state index in [4.69, 9.17) is 4.74 Å². The lowest BCUT2D eigenvalue weighted by Crippen LogP contribution is -2.34. The number of nitrogens with zero attached hydrogens (tertiary/aromatic N) is 1. The number of para-hydroxylation sites is 1. The summed E-state index contributed by atoms with van der Waals surface area (Å²) in [6.07, 6.45) is 5.00. The molecule has 0 unspecified atom stereocenters. The lowest BCUT2D eigenvalue weighted by Gasteiger charge is -2.22. The van der Waals surface area contributed by atoms with Gasteiger partial charge in [-0.3, -0.25) is 9.78 Å². The molecule has 22 heavy (non-hydrogen) atoms. The van der Waals surface area contributed by atoms with Crippen molar-refractivity contribution in [1.82, 2.24) is 10.3 Å². The Balaban J connectivity index is 1.72. The summed E-state index contributed by atoms with van der Waals surface area (Å²) in [5, 5.41) is 6.21. The van der Waals surface area contributed by atoms with Gasteiger partial charge < -0.3 is 15.4 Å². The largest absolute Gasteiger partial charge is 0.455 e. The summed E-state index contributed by atoms with van der Waals surface area (Å²) < 4.78 is 5.83. The van der Waals surface area contributed by atoms with Crippen molar-refractivity contribution in [1.29, 1.82) is 0 Å². The average molecular weight is 297 g/mol. The van der Waals surface area contributed by atoms with E-state index in [9.17, 15) is 4.79 Å². The highest BCUT2D eigenvalue weighted by atomic mass is 16.5. The topological polar surface area (TPSA) is 63.2 Å². The van der Waals surface area contributed by atoms with Gasteiger partial charge in [0.05, 0.1) is 6.20 Å². The molecule has 2 heterocycles. The molecule has 1 aliphatic rings. The number of aromatic nitrogens is 1. The van der Waals surface area contributed by atoms with Gasteiger partial charge in [0, 0.05) is 18.2 Å². The summed E-state index contributed by atoms with van der Waals surface area (Å²) in [6, 6.07) is 11.2. The monoisotopic (exact) mass is 297 g/mol. The molecule has 1 aliphatic heterocycles. The van der Waals surface area contributed by atoms with Crippen molar-refractivity contribution in [2.75, 3.05) is 18.4 Å². The van der Waals surface area contributed by atoms with E-state index in [0.29, 0.717) is 11.4 Å². The Morgan fingerprint density at radius 2 is 1.95 bits per heavy atom. The van der Waals surface area contributed by atoms with E-state index in [1.165, 1.54) is 0 Å². The molecule has 1 aromatic carbocycles. The SMILES string of the molecule is O=C(Nc1cnccc1Oc1ccccc1)C1CCNCC1. The average Bonchev–Trinajstić information content (AvgIpc) is 2.58. The minimum absolute atomic E-state index is 0.0346. The number of pyridine rings is 1. The van der Waals surface area contributed by atoms with E-state index < -0.39 is 0 Å². The molecule has 2 N–H and O–H groups in total. The number of anilines is 1. The van der Waals surface area contributed by atoms with Crippen LogP contribution >= 0.6 is 0 Å². The number of carbonyl (C=O) groups excluding carboxylic acids is 1. The van der Waals surface area contributed by atoms with Crippen molar-refractivity contribution < 1.29 is 9.53 Å². The molecule has 5 nitrogen and oxygen atoms in total. The van der Waals surface area contributed by atoms with Crippen LogP contribution < -0.4 is 15.4 Å².